The number of thiazole rings is 1. The van der Waals surface area contributed by atoms with E-state index in [-0.39, 0.29) is 27.3 Å². The van der Waals surface area contributed by atoms with Crippen LogP contribution in [-0.2, 0) is 9.53 Å². The van der Waals surface area contributed by atoms with Crippen LogP contribution in [0.3, 0.4) is 0 Å². The molecule has 0 saturated heterocycles. The van der Waals surface area contributed by atoms with Crippen LogP contribution in [0.4, 0.5) is 14.5 Å². The molecule has 142 valence electrons. The number of amides is 1. The molecule has 1 amide bonds. The third-order valence-electron chi connectivity index (χ3n) is 3.18. The summed E-state index contributed by atoms with van der Waals surface area (Å²) in [6.07, 6.45) is 1.60. The van der Waals surface area contributed by atoms with Gasteiger partial charge in [0.05, 0.1) is 5.02 Å². The van der Waals surface area contributed by atoms with Gasteiger partial charge in [-0.2, -0.15) is 8.78 Å². The van der Waals surface area contributed by atoms with Crippen LogP contribution in [0.2, 0.25) is 10.2 Å². The number of ether oxygens (including phenoxy) is 2. The molecule has 3 rings (SSSR count). The number of fused-ring (bicyclic) bond motifs is 1. The Labute approximate surface area is 164 Å². The first-order valence-corrected chi connectivity index (χ1v) is 8.81. The number of halogens is 4. The molecule has 0 radical (unpaired) electrons. The number of hydrogen-bond donors (Lipinski definition) is 1. The molecule has 0 unspecified atom stereocenters. The van der Waals surface area contributed by atoms with E-state index in [9.17, 15) is 18.4 Å². The molecule has 0 aliphatic rings. The minimum absolute atomic E-state index is 0.0114. The molecule has 27 heavy (non-hydrogen) atoms. The summed E-state index contributed by atoms with van der Waals surface area (Å²) in [6, 6.07) is 3.71. The van der Waals surface area contributed by atoms with Crippen molar-refractivity contribution in [1.82, 2.24) is 9.38 Å². The number of nitrogens with one attached hydrogen (secondary N) is 1. The zero-order valence-electron chi connectivity index (χ0n) is 13.1. The van der Waals surface area contributed by atoms with E-state index in [1.54, 1.807) is 11.6 Å². The second kappa shape index (κ2) is 8.07. The predicted molar refractivity (Wildman–Crippen MR) is 95.1 cm³/mol. The summed E-state index contributed by atoms with van der Waals surface area (Å²) in [5, 5.41) is 3.98. The van der Waals surface area contributed by atoms with Gasteiger partial charge in [-0.3, -0.25) is 9.20 Å². The van der Waals surface area contributed by atoms with Gasteiger partial charge in [-0.25, -0.2) is 9.78 Å². The first-order chi connectivity index (χ1) is 12.8. The Balaban J connectivity index is 1.60. The van der Waals surface area contributed by atoms with E-state index in [0.29, 0.717) is 4.96 Å². The van der Waals surface area contributed by atoms with Gasteiger partial charge in [0.1, 0.15) is 5.75 Å². The number of rotatable bonds is 6. The highest BCUT2D eigenvalue weighted by molar-refractivity contribution is 7.15. The van der Waals surface area contributed by atoms with Crippen molar-refractivity contribution in [1.29, 1.82) is 0 Å². The largest absolute Gasteiger partial charge is 0.451 e. The van der Waals surface area contributed by atoms with Crippen molar-refractivity contribution in [3.8, 4) is 5.75 Å². The molecule has 2 heterocycles. The van der Waals surface area contributed by atoms with Crippen LogP contribution in [0.25, 0.3) is 4.96 Å². The van der Waals surface area contributed by atoms with E-state index in [1.165, 1.54) is 33.9 Å². The fraction of sp³-hybridized carbons (Fsp3) is 0.133. The maximum atomic E-state index is 12.2. The maximum absolute atomic E-state index is 12.2. The van der Waals surface area contributed by atoms with Crippen molar-refractivity contribution >= 4 is 57.1 Å². The van der Waals surface area contributed by atoms with Gasteiger partial charge in [-0.05, 0) is 18.2 Å². The lowest BCUT2D eigenvalue weighted by atomic mass is 10.3. The van der Waals surface area contributed by atoms with Crippen LogP contribution in [-0.4, -0.2) is 34.5 Å². The first kappa shape index (κ1) is 19.3. The molecule has 0 aliphatic heterocycles. The first-order valence-electron chi connectivity index (χ1n) is 7.17. The molecular formula is C15H9Cl2F2N3O4S. The Kier molecular flexibility index (Phi) is 5.78. The quantitative estimate of drug-likeness (QED) is 0.589. The molecule has 1 N–H and O–H groups in total. The summed E-state index contributed by atoms with van der Waals surface area (Å²) in [4.78, 5) is 28.6. The SMILES string of the molecule is O=C(COC(=O)c1c(Cl)nc2sccn12)Nc1ccc(OC(F)F)c(Cl)c1. The van der Waals surface area contributed by atoms with E-state index in [0.717, 1.165) is 0 Å². The summed E-state index contributed by atoms with van der Waals surface area (Å²) in [7, 11) is 0. The van der Waals surface area contributed by atoms with Gasteiger partial charge in [0.2, 0.25) is 0 Å². The number of aromatic nitrogens is 2. The van der Waals surface area contributed by atoms with E-state index in [1.807, 2.05) is 0 Å². The second-order valence-corrected chi connectivity index (χ2v) is 6.59. The average Bonchev–Trinajstić information content (AvgIpc) is 3.14. The Morgan fingerprint density at radius 2 is 2.11 bits per heavy atom. The molecule has 0 saturated carbocycles. The van der Waals surface area contributed by atoms with Crippen molar-refractivity contribution in [2.24, 2.45) is 0 Å². The number of hydrogen-bond acceptors (Lipinski definition) is 6. The topological polar surface area (TPSA) is 81.9 Å². The predicted octanol–water partition coefficient (Wildman–Crippen LogP) is 4.10. The summed E-state index contributed by atoms with van der Waals surface area (Å²) < 4.78 is 35.0. The normalized spacial score (nSPS) is 11.0. The fourth-order valence-electron chi connectivity index (χ4n) is 2.11. The summed E-state index contributed by atoms with van der Waals surface area (Å²) in [5.41, 5.74) is 0.225. The monoisotopic (exact) mass is 435 g/mol. The van der Waals surface area contributed by atoms with E-state index >= 15 is 0 Å². The molecule has 7 nitrogen and oxygen atoms in total. The third-order valence-corrected chi connectivity index (χ3v) is 4.49. The molecule has 1 aromatic carbocycles. The molecule has 0 fully saturated rings. The lowest BCUT2D eigenvalue weighted by Crippen LogP contribution is -2.21. The Morgan fingerprint density at radius 1 is 1.33 bits per heavy atom. The van der Waals surface area contributed by atoms with Crippen LogP contribution in [0, 0.1) is 0 Å². The van der Waals surface area contributed by atoms with Crippen molar-refractivity contribution in [3.63, 3.8) is 0 Å². The van der Waals surface area contributed by atoms with E-state index in [4.69, 9.17) is 27.9 Å². The van der Waals surface area contributed by atoms with Crippen LogP contribution in [0.1, 0.15) is 10.5 Å². The number of carbonyl (C=O) groups is 2. The minimum atomic E-state index is -3.02. The fourth-order valence-corrected chi connectivity index (χ4v) is 3.35. The number of alkyl halides is 2. The Morgan fingerprint density at radius 3 is 2.81 bits per heavy atom. The number of esters is 1. The van der Waals surface area contributed by atoms with Gasteiger partial charge in [0, 0.05) is 17.3 Å². The highest BCUT2D eigenvalue weighted by atomic mass is 35.5. The third kappa shape index (κ3) is 4.46. The zero-order valence-corrected chi connectivity index (χ0v) is 15.4. The molecular weight excluding hydrogens is 427 g/mol. The number of benzene rings is 1. The lowest BCUT2D eigenvalue weighted by Gasteiger charge is -2.10. The van der Waals surface area contributed by atoms with Gasteiger partial charge in [0.25, 0.3) is 5.91 Å². The van der Waals surface area contributed by atoms with Crippen molar-refractivity contribution in [2.75, 3.05) is 11.9 Å². The van der Waals surface area contributed by atoms with Gasteiger partial charge in [-0.1, -0.05) is 23.2 Å². The number of imidazole rings is 1. The van der Waals surface area contributed by atoms with E-state index < -0.39 is 25.1 Å². The summed E-state index contributed by atoms with van der Waals surface area (Å²) in [5.74, 6) is -1.71. The van der Waals surface area contributed by atoms with Crippen LogP contribution >= 0.6 is 34.5 Å². The molecule has 2 aromatic heterocycles. The minimum Gasteiger partial charge on any atom is -0.451 e. The Bertz CT molecular complexity index is 1010. The number of carbonyl (C=O) groups excluding carboxylic acids is 2. The molecule has 3 aromatic rings. The highest BCUT2D eigenvalue weighted by Crippen LogP contribution is 2.29. The summed E-state index contributed by atoms with van der Waals surface area (Å²) >= 11 is 13.0. The standard InChI is InChI=1S/C15H9Cl2F2N3O4S/c16-8-5-7(1-2-9(8)26-14(18)19)20-10(23)6-25-13(24)11-12(17)21-15-22(11)3-4-27-15/h1-5,14H,6H2,(H,20,23). The maximum Gasteiger partial charge on any atom is 0.387 e. The van der Waals surface area contributed by atoms with Crippen molar-refractivity contribution < 1.29 is 27.8 Å². The molecule has 0 aliphatic carbocycles. The van der Waals surface area contributed by atoms with Crippen LogP contribution in [0.15, 0.2) is 29.8 Å². The smallest absolute Gasteiger partial charge is 0.387 e. The number of nitrogens with zero attached hydrogens (tertiary/aromatic N) is 2. The lowest BCUT2D eigenvalue weighted by molar-refractivity contribution is -0.119. The van der Waals surface area contributed by atoms with Crippen LogP contribution < -0.4 is 10.1 Å². The molecule has 0 bridgehead atoms. The van der Waals surface area contributed by atoms with Gasteiger partial charge >= 0.3 is 12.6 Å². The Hall–Kier alpha value is -2.43. The van der Waals surface area contributed by atoms with Gasteiger partial charge < -0.3 is 14.8 Å². The zero-order chi connectivity index (χ0) is 19.6. The van der Waals surface area contributed by atoms with Gasteiger partial charge in [-0.15, -0.1) is 11.3 Å². The van der Waals surface area contributed by atoms with E-state index in [2.05, 4.69) is 15.0 Å². The number of anilines is 1. The molecule has 12 heteroatoms. The molecule has 0 spiro atoms. The van der Waals surface area contributed by atoms with Crippen molar-refractivity contribution in [3.05, 3.63) is 45.6 Å². The van der Waals surface area contributed by atoms with Crippen LogP contribution in [0.5, 0.6) is 5.75 Å². The average molecular weight is 436 g/mol. The second-order valence-electron chi connectivity index (χ2n) is 4.95. The van der Waals surface area contributed by atoms with Crippen molar-refractivity contribution in [2.45, 2.75) is 6.61 Å². The highest BCUT2D eigenvalue weighted by Gasteiger charge is 2.21. The molecule has 0 atom stereocenters. The van der Waals surface area contributed by atoms with Gasteiger partial charge in [0.15, 0.2) is 22.4 Å². The summed E-state index contributed by atoms with van der Waals surface area (Å²) in [6.45, 7) is -3.62.